The predicted molar refractivity (Wildman–Crippen MR) is 59.6 cm³/mol. The number of hydrogen-bond acceptors (Lipinski definition) is 3. The number of ether oxygens (including phenoxy) is 1. The second-order valence-corrected chi connectivity index (χ2v) is 3.32. The zero-order valence-electron chi connectivity index (χ0n) is 9.33. The SMILES string of the molecule is C=C(CC(=O)OC)NC(=O)c1ccc(F)cc1. The first-order valence-corrected chi connectivity index (χ1v) is 4.84. The van der Waals surface area contributed by atoms with Crippen molar-refractivity contribution in [3.63, 3.8) is 0 Å². The second kappa shape index (κ2) is 5.79. The number of carbonyl (C=O) groups excluding carboxylic acids is 2. The molecule has 0 aliphatic heterocycles. The Labute approximate surface area is 98.1 Å². The van der Waals surface area contributed by atoms with E-state index in [2.05, 4.69) is 16.6 Å². The van der Waals surface area contributed by atoms with Crippen LogP contribution in [0.2, 0.25) is 0 Å². The van der Waals surface area contributed by atoms with E-state index >= 15 is 0 Å². The fraction of sp³-hybridized carbons (Fsp3) is 0.167. The van der Waals surface area contributed by atoms with Crippen molar-refractivity contribution in [1.82, 2.24) is 5.32 Å². The highest BCUT2D eigenvalue weighted by Crippen LogP contribution is 2.04. The topological polar surface area (TPSA) is 55.4 Å². The highest BCUT2D eigenvalue weighted by molar-refractivity contribution is 5.95. The third-order valence-corrected chi connectivity index (χ3v) is 1.98. The maximum absolute atomic E-state index is 12.6. The third kappa shape index (κ3) is 4.06. The molecule has 0 bridgehead atoms. The summed E-state index contributed by atoms with van der Waals surface area (Å²) in [5.41, 5.74) is 0.517. The number of carbonyl (C=O) groups is 2. The molecular weight excluding hydrogens is 225 g/mol. The molecule has 5 heteroatoms. The Morgan fingerprint density at radius 1 is 1.35 bits per heavy atom. The summed E-state index contributed by atoms with van der Waals surface area (Å²) in [4.78, 5) is 22.5. The summed E-state index contributed by atoms with van der Waals surface area (Å²) in [7, 11) is 1.25. The van der Waals surface area contributed by atoms with Crippen molar-refractivity contribution in [3.05, 3.63) is 47.9 Å². The van der Waals surface area contributed by atoms with E-state index in [1.165, 1.54) is 31.4 Å². The Bertz CT molecular complexity index is 440. The summed E-state index contributed by atoms with van der Waals surface area (Å²) in [5.74, 6) is -1.36. The van der Waals surface area contributed by atoms with Gasteiger partial charge in [-0.2, -0.15) is 0 Å². The zero-order chi connectivity index (χ0) is 12.8. The lowest BCUT2D eigenvalue weighted by molar-refractivity contribution is -0.139. The van der Waals surface area contributed by atoms with Gasteiger partial charge in [-0.1, -0.05) is 6.58 Å². The van der Waals surface area contributed by atoms with Gasteiger partial charge in [0, 0.05) is 11.3 Å². The van der Waals surface area contributed by atoms with E-state index in [-0.39, 0.29) is 17.7 Å². The lowest BCUT2D eigenvalue weighted by Crippen LogP contribution is -2.23. The largest absolute Gasteiger partial charge is 0.469 e. The van der Waals surface area contributed by atoms with Gasteiger partial charge in [-0.25, -0.2) is 4.39 Å². The van der Waals surface area contributed by atoms with Crippen LogP contribution in [0.5, 0.6) is 0 Å². The first-order valence-electron chi connectivity index (χ1n) is 4.84. The van der Waals surface area contributed by atoms with Gasteiger partial charge in [0.15, 0.2) is 0 Å². The molecule has 0 saturated carbocycles. The van der Waals surface area contributed by atoms with E-state index in [1.807, 2.05) is 0 Å². The molecule has 1 N–H and O–H groups in total. The first kappa shape index (κ1) is 12.9. The number of rotatable bonds is 4. The van der Waals surface area contributed by atoms with Gasteiger partial charge in [0.05, 0.1) is 13.5 Å². The van der Waals surface area contributed by atoms with Gasteiger partial charge in [-0.05, 0) is 24.3 Å². The first-order chi connectivity index (χ1) is 8.02. The Hall–Kier alpha value is -2.17. The van der Waals surface area contributed by atoms with Crippen molar-refractivity contribution in [2.45, 2.75) is 6.42 Å². The molecule has 0 heterocycles. The molecule has 0 unspecified atom stereocenters. The fourth-order valence-electron chi connectivity index (χ4n) is 1.12. The minimum Gasteiger partial charge on any atom is -0.469 e. The quantitative estimate of drug-likeness (QED) is 0.810. The second-order valence-electron chi connectivity index (χ2n) is 3.32. The molecule has 0 radical (unpaired) electrons. The summed E-state index contributed by atoms with van der Waals surface area (Å²) in [6, 6.07) is 5.04. The summed E-state index contributed by atoms with van der Waals surface area (Å²) in [5, 5.41) is 2.42. The minimum atomic E-state index is -0.491. The highest BCUT2D eigenvalue weighted by Gasteiger charge is 2.09. The summed E-state index contributed by atoms with van der Waals surface area (Å²) in [6.45, 7) is 3.52. The number of halogens is 1. The van der Waals surface area contributed by atoms with E-state index in [0.717, 1.165) is 0 Å². The monoisotopic (exact) mass is 237 g/mol. The number of esters is 1. The van der Waals surface area contributed by atoms with Crippen LogP contribution in [0.4, 0.5) is 4.39 Å². The average molecular weight is 237 g/mol. The predicted octanol–water partition coefficient (Wildman–Crippen LogP) is 1.63. The zero-order valence-corrected chi connectivity index (χ0v) is 9.33. The molecular formula is C12H12FNO3. The molecule has 1 amide bonds. The van der Waals surface area contributed by atoms with Gasteiger partial charge in [0.2, 0.25) is 0 Å². The van der Waals surface area contributed by atoms with Crippen LogP contribution in [0.1, 0.15) is 16.8 Å². The summed E-state index contributed by atoms with van der Waals surface area (Å²) in [6.07, 6.45) is -0.0938. The van der Waals surface area contributed by atoms with Crippen LogP contribution < -0.4 is 5.32 Å². The maximum atomic E-state index is 12.6. The molecule has 1 aromatic carbocycles. The molecule has 0 saturated heterocycles. The van der Waals surface area contributed by atoms with Gasteiger partial charge in [0.25, 0.3) is 5.91 Å². The van der Waals surface area contributed by atoms with E-state index in [0.29, 0.717) is 0 Å². The van der Waals surface area contributed by atoms with E-state index in [4.69, 9.17) is 0 Å². The average Bonchev–Trinajstić information content (AvgIpc) is 2.29. The molecule has 0 fully saturated rings. The number of amides is 1. The van der Waals surface area contributed by atoms with Gasteiger partial charge in [-0.3, -0.25) is 9.59 Å². The minimum absolute atomic E-state index is 0.0938. The molecule has 17 heavy (non-hydrogen) atoms. The van der Waals surface area contributed by atoms with E-state index in [9.17, 15) is 14.0 Å². The van der Waals surface area contributed by atoms with Crippen LogP contribution in [-0.2, 0) is 9.53 Å². The van der Waals surface area contributed by atoms with Gasteiger partial charge < -0.3 is 10.1 Å². The highest BCUT2D eigenvalue weighted by atomic mass is 19.1. The summed E-state index contributed by atoms with van der Waals surface area (Å²) < 4.78 is 17.0. The summed E-state index contributed by atoms with van der Waals surface area (Å²) >= 11 is 0. The van der Waals surface area contributed by atoms with Crippen LogP contribution in [0, 0.1) is 5.82 Å². The van der Waals surface area contributed by atoms with Gasteiger partial charge in [0.1, 0.15) is 5.82 Å². The molecule has 0 aliphatic rings. The molecule has 1 aromatic rings. The van der Waals surface area contributed by atoms with Crippen molar-refractivity contribution >= 4 is 11.9 Å². The molecule has 4 nitrogen and oxygen atoms in total. The molecule has 0 aliphatic carbocycles. The standard InChI is InChI=1S/C12H12FNO3/c1-8(7-11(15)17-2)14-12(16)9-3-5-10(13)6-4-9/h3-6H,1,7H2,2H3,(H,14,16). The smallest absolute Gasteiger partial charge is 0.311 e. The third-order valence-electron chi connectivity index (χ3n) is 1.98. The van der Waals surface area contributed by atoms with Crippen molar-refractivity contribution in [2.75, 3.05) is 7.11 Å². The van der Waals surface area contributed by atoms with Crippen LogP contribution in [-0.4, -0.2) is 19.0 Å². The number of nitrogens with one attached hydrogen (secondary N) is 1. The van der Waals surface area contributed by atoms with Crippen molar-refractivity contribution in [2.24, 2.45) is 0 Å². The van der Waals surface area contributed by atoms with Crippen molar-refractivity contribution in [3.8, 4) is 0 Å². The number of methoxy groups -OCH3 is 1. The number of benzene rings is 1. The number of hydrogen-bond donors (Lipinski definition) is 1. The molecule has 0 aromatic heterocycles. The van der Waals surface area contributed by atoms with Crippen LogP contribution in [0.3, 0.4) is 0 Å². The Morgan fingerprint density at radius 2 is 1.94 bits per heavy atom. The molecule has 0 spiro atoms. The molecule has 90 valence electrons. The maximum Gasteiger partial charge on any atom is 0.311 e. The molecule has 0 atom stereocenters. The fourth-order valence-corrected chi connectivity index (χ4v) is 1.12. The van der Waals surface area contributed by atoms with Crippen LogP contribution in [0.15, 0.2) is 36.5 Å². The lowest BCUT2D eigenvalue weighted by atomic mass is 10.2. The van der Waals surface area contributed by atoms with Crippen molar-refractivity contribution in [1.29, 1.82) is 0 Å². The van der Waals surface area contributed by atoms with Crippen LogP contribution >= 0.6 is 0 Å². The molecule has 1 rings (SSSR count). The Kier molecular flexibility index (Phi) is 4.39. The lowest BCUT2D eigenvalue weighted by Gasteiger charge is -2.07. The Balaban J connectivity index is 2.57. The van der Waals surface area contributed by atoms with Crippen LogP contribution in [0.25, 0.3) is 0 Å². The van der Waals surface area contributed by atoms with Gasteiger partial charge >= 0.3 is 5.97 Å². The van der Waals surface area contributed by atoms with E-state index in [1.54, 1.807) is 0 Å². The van der Waals surface area contributed by atoms with E-state index < -0.39 is 17.7 Å². The Morgan fingerprint density at radius 3 is 2.47 bits per heavy atom. The normalized spacial score (nSPS) is 9.53. The van der Waals surface area contributed by atoms with Gasteiger partial charge in [-0.15, -0.1) is 0 Å². The van der Waals surface area contributed by atoms with Crippen molar-refractivity contribution < 1.29 is 18.7 Å².